The fourth-order valence-electron chi connectivity index (χ4n) is 1.77. The molecule has 0 saturated carbocycles. The molecular weight excluding hydrogens is 184 g/mol. The minimum Gasteiger partial charge on any atom is -0.281 e. The lowest BCUT2D eigenvalue weighted by Crippen LogP contribution is -2.33. The first kappa shape index (κ1) is 11.7. The van der Waals surface area contributed by atoms with E-state index in [4.69, 9.17) is 5.26 Å². The van der Waals surface area contributed by atoms with Crippen LogP contribution in [0, 0.1) is 11.3 Å². The molecule has 1 atom stereocenters. The molecule has 0 N–H and O–H groups in total. The van der Waals surface area contributed by atoms with Gasteiger partial charge in [-0.15, -0.1) is 0 Å². The molecule has 0 bridgehead atoms. The zero-order valence-electron chi connectivity index (χ0n) is 9.64. The van der Waals surface area contributed by atoms with Gasteiger partial charge in [-0.1, -0.05) is 30.3 Å². The fraction of sp³-hybridized carbons (Fsp3) is 0.462. The summed E-state index contributed by atoms with van der Waals surface area (Å²) in [5, 5.41) is 8.79. The molecule has 1 aromatic carbocycles. The lowest BCUT2D eigenvalue weighted by molar-refractivity contribution is 0.188. The van der Waals surface area contributed by atoms with Crippen molar-refractivity contribution in [1.82, 2.24) is 4.90 Å². The van der Waals surface area contributed by atoms with E-state index in [9.17, 15) is 0 Å². The van der Waals surface area contributed by atoms with Crippen LogP contribution >= 0.6 is 0 Å². The Bertz CT molecular complexity index is 324. The smallest absolute Gasteiger partial charge is 0.0873 e. The molecular formula is C13H18N2. The highest BCUT2D eigenvalue weighted by Gasteiger charge is 2.17. The Hall–Kier alpha value is -1.33. The Morgan fingerprint density at radius 1 is 1.20 bits per heavy atom. The summed E-state index contributed by atoms with van der Waals surface area (Å²) in [5.41, 5.74) is 1.27. The summed E-state index contributed by atoms with van der Waals surface area (Å²) in [6, 6.07) is 13.2. The molecule has 0 aliphatic carbocycles. The molecule has 0 aliphatic heterocycles. The maximum atomic E-state index is 8.79. The number of rotatable bonds is 4. The number of hydrogen-bond acceptors (Lipinski definition) is 2. The fourth-order valence-corrected chi connectivity index (χ4v) is 1.77. The minimum absolute atomic E-state index is 0.297. The zero-order chi connectivity index (χ0) is 11.3. The van der Waals surface area contributed by atoms with Gasteiger partial charge in [-0.3, -0.25) is 4.90 Å². The van der Waals surface area contributed by atoms with Crippen molar-refractivity contribution in [1.29, 1.82) is 5.26 Å². The van der Waals surface area contributed by atoms with E-state index in [1.165, 1.54) is 5.56 Å². The second-order valence-electron chi connectivity index (χ2n) is 4.01. The normalized spacial score (nSPS) is 12.8. The molecule has 2 nitrogen and oxygen atoms in total. The summed E-state index contributed by atoms with van der Waals surface area (Å²) >= 11 is 0. The molecule has 1 rings (SSSR count). The van der Waals surface area contributed by atoms with Crippen molar-refractivity contribution in [2.45, 2.75) is 32.9 Å². The monoisotopic (exact) mass is 202 g/mol. The van der Waals surface area contributed by atoms with Crippen molar-refractivity contribution < 1.29 is 0 Å². The topological polar surface area (TPSA) is 27.0 Å². The van der Waals surface area contributed by atoms with Crippen LogP contribution in [-0.4, -0.2) is 17.5 Å². The van der Waals surface area contributed by atoms with Crippen molar-refractivity contribution in [2.24, 2.45) is 0 Å². The summed E-state index contributed by atoms with van der Waals surface area (Å²) in [4.78, 5) is 2.19. The van der Waals surface area contributed by atoms with Gasteiger partial charge < -0.3 is 0 Å². The molecule has 0 saturated heterocycles. The molecule has 15 heavy (non-hydrogen) atoms. The quantitative estimate of drug-likeness (QED) is 0.702. The molecule has 80 valence electrons. The van der Waals surface area contributed by atoms with E-state index < -0.39 is 0 Å². The maximum absolute atomic E-state index is 8.79. The van der Waals surface area contributed by atoms with Crippen LogP contribution in [0.3, 0.4) is 0 Å². The lowest BCUT2D eigenvalue weighted by Gasteiger charge is -2.30. The summed E-state index contributed by atoms with van der Waals surface area (Å²) in [6.45, 7) is 6.87. The van der Waals surface area contributed by atoms with Gasteiger partial charge >= 0.3 is 0 Å². The largest absolute Gasteiger partial charge is 0.281 e. The van der Waals surface area contributed by atoms with E-state index in [1.54, 1.807) is 0 Å². The third kappa shape index (κ3) is 3.07. The van der Waals surface area contributed by atoms with Gasteiger partial charge in [0.2, 0.25) is 0 Å². The van der Waals surface area contributed by atoms with Crippen molar-refractivity contribution in [3.63, 3.8) is 0 Å². The van der Waals surface area contributed by atoms with Gasteiger partial charge in [0.25, 0.3) is 0 Å². The van der Waals surface area contributed by atoms with Gasteiger partial charge in [0, 0.05) is 12.1 Å². The number of hydrogen-bond donors (Lipinski definition) is 0. The van der Waals surface area contributed by atoms with Gasteiger partial charge in [0.1, 0.15) is 0 Å². The third-order valence-corrected chi connectivity index (χ3v) is 2.70. The van der Waals surface area contributed by atoms with Crippen LogP contribution in [0.2, 0.25) is 0 Å². The average molecular weight is 202 g/mol. The van der Waals surface area contributed by atoms with Crippen LogP contribution in [0.5, 0.6) is 0 Å². The van der Waals surface area contributed by atoms with E-state index in [-0.39, 0.29) is 0 Å². The average Bonchev–Trinajstić information content (AvgIpc) is 2.26. The van der Waals surface area contributed by atoms with E-state index in [1.807, 2.05) is 18.2 Å². The standard InChI is InChI=1S/C13H18N2/c1-11(2)15(10-9-14)12(3)13-7-5-4-6-8-13/h4-8,11-12H,10H2,1-3H3. The molecule has 0 heterocycles. The summed E-state index contributed by atoms with van der Waals surface area (Å²) in [6.07, 6.45) is 0. The summed E-state index contributed by atoms with van der Waals surface area (Å²) in [5.74, 6) is 0. The predicted octanol–water partition coefficient (Wildman–Crippen LogP) is 2.98. The van der Waals surface area contributed by atoms with Crippen molar-refractivity contribution >= 4 is 0 Å². The number of nitriles is 1. The van der Waals surface area contributed by atoms with Crippen LogP contribution in [0.1, 0.15) is 32.4 Å². The van der Waals surface area contributed by atoms with Crippen LogP contribution in [-0.2, 0) is 0 Å². The Morgan fingerprint density at radius 2 is 1.80 bits per heavy atom. The van der Waals surface area contributed by atoms with E-state index >= 15 is 0 Å². The molecule has 0 amide bonds. The Morgan fingerprint density at radius 3 is 2.27 bits per heavy atom. The highest BCUT2D eigenvalue weighted by molar-refractivity contribution is 5.18. The van der Waals surface area contributed by atoms with Crippen molar-refractivity contribution in [2.75, 3.05) is 6.54 Å². The van der Waals surface area contributed by atoms with Crippen LogP contribution in [0.4, 0.5) is 0 Å². The highest BCUT2D eigenvalue weighted by atomic mass is 15.2. The first-order valence-corrected chi connectivity index (χ1v) is 5.34. The Kier molecular flexibility index (Phi) is 4.33. The Labute approximate surface area is 92.1 Å². The van der Waals surface area contributed by atoms with Crippen molar-refractivity contribution in [3.05, 3.63) is 35.9 Å². The second-order valence-corrected chi connectivity index (χ2v) is 4.01. The third-order valence-electron chi connectivity index (χ3n) is 2.70. The summed E-state index contributed by atoms with van der Waals surface area (Å²) in [7, 11) is 0. The van der Waals surface area contributed by atoms with Crippen LogP contribution < -0.4 is 0 Å². The molecule has 0 aliphatic rings. The molecule has 0 fully saturated rings. The molecule has 1 aromatic rings. The van der Waals surface area contributed by atoms with E-state index in [0.29, 0.717) is 18.6 Å². The van der Waals surface area contributed by atoms with Gasteiger partial charge in [0.05, 0.1) is 12.6 Å². The van der Waals surface area contributed by atoms with Crippen molar-refractivity contribution in [3.8, 4) is 6.07 Å². The first-order valence-electron chi connectivity index (χ1n) is 5.34. The molecule has 0 aromatic heterocycles. The van der Waals surface area contributed by atoms with Crippen LogP contribution in [0.15, 0.2) is 30.3 Å². The lowest BCUT2D eigenvalue weighted by atomic mass is 10.1. The van der Waals surface area contributed by atoms with Crippen LogP contribution in [0.25, 0.3) is 0 Å². The minimum atomic E-state index is 0.297. The molecule has 0 radical (unpaired) electrons. The molecule has 2 heteroatoms. The van der Waals surface area contributed by atoms with E-state index in [2.05, 4.69) is 43.9 Å². The zero-order valence-corrected chi connectivity index (χ0v) is 9.64. The highest BCUT2D eigenvalue weighted by Crippen LogP contribution is 2.21. The van der Waals surface area contributed by atoms with Gasteiger partial charge in [0.15, 0.2) is 0 Å². The maximum Gasteiger partial charge on any atom is 0.0873 e. The first-order chi connectivity index (χ1) is 7.16. The van der Waals surface area contributed by atoms with Gasteiger partial charge in [-0.2, -0.15) is 5.26 Å². The summed E-state index contributed by atoms with van der Waals surface area (Å²) < 4.78 is 0. The van der Waals surface area contributed by atoms with Gasteiger partial charge in [-0.25, -0.2) is 0 Å². The van der Waals surface area contributed by atoms with E-state index in [0.717, 1.165) is 0 Å². The Balaban J connectivity index is 2.82. The SMILES string of the molecule is CC(C)N(CC#N)C(C)c1ccccc1. The molecule has 1 unspecified atom stereocenters. The number of benzene rings is 1. The number of nitrogens with zero attached hydrogens (tertiary/aromatic N) is 2. The predicted molar refractivity (Wildman–Crippen MR) is 62.3 cm³/mol. The molecule has 0 spiro atoms. The van der Waals surface area contributed by atoms with Gasteiger partial charge in [-0.05, 0) is 26.3 Å². The second kappa shape index (κ2) is 5.53.